The van der Waals surface area contributed by atoms with Gasteiger partial charge in [0, 0.05) is 32.4 Å². The molecule has 0 spiro atoms. The summed E-state index contributed by atoms with van der Waals surface area (Å²) >= 11 is 0. The summed E-state index contributed by atoms with van der Waals surface area (Å²) in [5.74, 6) is -0.395. The predicted molar refractivity (Wildman–Crippen MR) is 122 cm³/mol. The van der Waals surface area contributed by atoms with E-state index in [-0.39, 0.29) is 18.4 Å². The Morgan fingerprint density at radius 3 is 2.50 bits per heavy atom. The number of carbonyl (C=O) groups is 2. The normalized spacial score (nSPS) is 17.8. The Kier molecular flexibility index (Phi) is 6.37. The fraction of sp³-hybridized carbons (Fsp3) is 0.320. The van der Waals surface area contributed by atoms with Crippen LogP contribution in [0.5, 0.6) is 0 Å². The van der Waals surface area contributed by atoms with Gasteiger partial charge in [-0.3, -0.25) is 14.3 Å². The highest BCUT2D eigenvalue weighted by Crippen LogP contribution is 2.30. The van der Waals surface area contributed by atoms with Crippen LogP contribution in [0.2, 0.25) is 0 Å². The van der Waals surface area contributed by atoms with E-state index in [9.17, 15) is 9.59 Å². The summed E-state index contributed by atoms with van der Waals surface area (Å²) < 4.78 is 6.84. The second kappa shape index (κ2) is 9.36. The molecule has 1 atom stereocenters. The van der Waals surface area contributed by atoms with Crippen molar-refractivity contribution in [2.24, 2.45) is 0 Å². The van der Waals surface area contributed by atoms with E-state index in [1.165, 1.54) is 0 Å². The highest BCUT2D eigenvalue weighted by atomic mass is 16.5. The van der Waals surface area contributed by atoms with Crippen LogP contribution in [0, 0.1) is 0 Å². The van der Waals surface area contributed by atoms with Crippen molar-refractivity contribution in [1.29, 1.82) is 0 Å². The second-order valence-corrected chi connectivity index (χ2v) is 8.18. The minimum absolute atomic E-state index is 0.195. The molecule has 0 bridgehead atoms. The molecular formula is C25H28N4O3. The fourth-order valence-electron chi connectivity index (χ4n) is 4.08. The van der Waals surface area contributed by atoms with Crippen molar-refractivity contribution in [3.8, 4) is 11.3 Å². The van der Waals surface area contributed by atoms with Gasteiger partial charge in [0.25, 0.3) is 5.91 Å². The van der Waals surface area contributed by atoms with Gasteiger partial charge >= 0.3 is 0 Å². The molecule has 0 radical (unpaired) electrons. The molecule has 3 aromatic rings. The number of hydrogen-bond acceptors (Lipinski definition) is 4. The lowest BCUT2D eigenvalue weighted by atomic mass is 9.94. The molecule has 1 N–H and O–H groups in total. The summed E-state index contributed by atoms with van der Waals surface area (Å²) in [6, 6.07) is 21.3. The van der Waals surface area contributed by atoms with Gasteiger partial charge in [0.05, 0.1) is 12.2 Å². The first-order valence-electron chi connectivity index (χ1n) is 10.8. The number of hydrogen-bond donors (Lipinski definition) is 1. The Morgan fingerprint density at radius 2 is 1.81 bits per heavy atom. The van der Waals surface area contributed by atoms with Gasteiger partial charge in [-0.15, -0.1) is 0 Å². The average molecular weight is 433 g/mol. The SMILES string of the molecule is COCCCN1C(=O)c2cc(-c3ccccc3)nn2CC1(C)C(=O)NCc1ccccc1. The quantitative estimate of drug-likeness (QED) is 0.555. The summed E-state index contributed by atoms with van der Waals surface area (Å²) in [7, 11) is 1.63. The van der Waals surface area contributed by atoms with Gasteiger partial charge in [-0.2, -0.15) is 5.10 Å². The molecule has 166 valence electrons. The number of ether oxygens (including phenoxy) is 1. The molecule has 0 aliphatic carbocycles. The lowest BCUT2D eigenvalue weighted by Gasteiger charge is -2.43. The van der Waals surface area contributed by atoms with Crippen molar-refractivity contribution in [2.75, 3.05) is 20.3 Å². The molecule has 1 aliphatic heterocycles. The van der Waals surface area contributed by atoms with Crippen LogP contribution in [0.3, 0.4) is 0 Å². The van der Waals surface area contributed by atoms with Gasteiger partial charge in [-0.25, -0.2) is 0 Å². The Hall–Kier alpha value is -3.45. The van der Waals surface area contributed by atoms with Gasteiger partial charge in [0.2, 0.25) is 5.91 Å². The zero-order valence-electron chi connectivity index (χ0n) is 18.5. The van der Waals surface area contributed by atoms with Gasteiger partial charge in [0.15, 0.2) is 0 Å². The van der Waals surface area contributed by atoms with Gasteiger partial charge in [-0.1, -0.05) is 60.7 Å². The Bertz CT molecular complexity index is 1080. The van der Waals surface area contributed by atoms with Crippen LogP contribution < -0.4 is 5.32 Å². The van der Waals surface area contributed by atoms with Crippen molar-refractivity contribution < 1.29 is 14.3 Å². The third-order valence-electron chi connectivity index (χ3n) is 5.88. The van der Waals surface area contributed by atoms with Crippen LogP contribution in [-0.4, -0.2) is 52.3 Å². The van der Waals surface area contributed by atoms with Crippen LogP contribution in [0.1, 0.15) is 29.4 Å². The van der Waals surface area contributed by atoms with Crippen molar-refractivity contribution in [3.63, 3.8) is 0 Å². The maximum Gasteiger partial charge on any atom is 0.273 e. The monoisotopic (exact) mass is 432 g/mol. The number of aromatic nitrogens is 2. The lowest BCUT2D eigenvalue weighted by Crippen LogP contribution is -2.64. The third kappa shape index (κ3) is 4.29. The van der Waals surface area contributed by atoms with Crippen molar-refractivity contribution in [1.82, 2.24) is 20.0 Å². The molecule has 7 heteroatoms. The fourth-order valence-corrected chi connectivity index (χ4v) is 4.08. The van der Waals surface area contributed by atoms with Crippen LogP contribution in [0.4, 0.5) is 0 Å². The number of fused-ring (bicyclic) bond motifs is 1. The number of amides is 2. The number of nitrogens with zero attached hydrogens (tertiary/aromatic N) is 3. The first kappa shape index (κ1) is 21.8. The summed E-state index contributed by atoms with van der Waals surface area (Å²) in [6.07, 6.45) is 0.642. The molecule has 2 heterocycles. The minimum atomic E-state index is -1.06. The molecule has 0 saturated carbocycles. The van der Waals surface area contributed by atoms with Crippen LogP contribution in [0.25, 0.3) is 11.3 Å². The van der Waals surface area contributed by atoms with Gasteiger partial charge < -0.3 is 15.0 Å². The zero-order valence-corrected chi connectivity index (χ0v) is 18.5. The second-order valence-electron chi connectivity index (χ2n) is 8.18. The number of carbonyl (C=O) groups excluding carboxylic acids is 2. The Labute approximate surface area is 188 Å². The maximum absolute atomic E-state index is 13.5. The van der Waals surface area contributed by atoms with E-state index in [2.05, 4.69) is 10.4 Å². The van der Waals surface area contributed by atoms with E-state index in [1.54, 1.807) is 16.7 Å². The summed E-state index contributed by atoms with van der Waals surface area (Å²) in [5.41, 5.74) is 2.09. The first-order valence-corrected chi connectivity index (χ1v) is 10.8. The predicted octanol–water partition coefficient (Wildman–Crippen LogP) is 3.12. The molecule has 7 nitrogen and oxygen atoms in total. The minimum Gasteiger partial charge on any atom is -0.385 e. The van der Waals surface area contributed by atoms with Crippen molar-refractivity contribution >= 4 is 11.8 Å². The van der Waals surface area contributed by atoms with E-state index in [1.807, 2.05) is 73.7 Å². The summed E-state index contributed by atoms with van der Waals surface area (Å²) in [4.78, 5) is 28.6. The van der Waals surface area contributed by atoms with Crippen LogP contribution in [-0.2, 0) is 22.6 Å². The molecule has 2 amide bonds. The first-order chi connectivity index (χ1) is 15.5. The van der Waals surface area contributed by atoms with E-state index in [0.717, 1.165) is 16.8 Å². The number of benzene rings is 2. The number of methoxy groups -OCH3 is 1. The van der Waals surface area contributed by atoms with Crippen molar-refractivity contribution in [3.05, 3.63) is 78.0 Å². The highest BCUT2D eigenvalue weighted by molar-refractivity contribution is 6.00. The van der Waals surface area contributed by atoms with Gasteiger partial charge in [-0.05, 0) is 25.0 Å². The average Bonchev–Trinajstić information content (AvgIpc) is 3.25. The highest BCUT2D eigenvalue weighted by Gasteiger charge is 2.47. The van der Waals surface area contributed by atoms with Gasteiger partial charge in [0.1, 0.15) is 11.2 Å². The molecule has 1 aliphatic rings. The molecule has 1 aromatic heterocycles. The smallest absolute Gasteiger partial charge is 0.273 e. The van der Waals surface area contributed by atoms with E-state index in [4.69, 9.17) is 4.74 Å². The van der Waals surface area contributed by atoms with Crippen LogP contribution >= 0.6 is 0 Å². The number of rotatable bonds is 8. The molecule has 4 rings (SSSR count). The number of nitrogens with one attached hydrogen (secondary N) is 1. The lowest BCUT2D eigenvalue weighted by molar-refractivity contribution is -0.133. The summed E-state index contributed by atoms with van der Waals surface area (Å²) in [6.45, 7) is 3.43. The Balaban J connectivity index is 1.63. The molecule has 1 unspecified atom stereocenters. The molecule has 2 aromatic carbocycles. The third-order valence-corrected chi connectivity index (χ3v) is 5.88. The molecule has 0 saturated heterocycles. The van der Waals surface area contributed by atoms with Crippen molar-refractivity contribution in [2.45, 2.75) is 32.0 Å². The van der Waals surface area contributed by atoms with E-state index < -0.39 is 5.54 Å². The van der Waals surface area contributed by atoms with E-state index in [0.29, 0.717) is 31.8 Å². The largest absolute Gasteiger partial charge is 0.385 e. The van der Waals surface area contributed by atoms with Crippen LogP contribution in [0.15, 0.2) is 66.7 Å². The summed E-state index contributed by atoms with van der Waals surface area (Å²) in [5, 5.41) is 7.68. The molecular weight excluding hydrogens is 404 g/mol. The standard InChI is InChI=1S/C25H28N4O3/c1-25(24(31)26-17-19-10-5-3-6-11-19)18-29-22(23(30)28(25)14-9-15-32-2)16-21(27-29)20-12-7-4-8-13-20/h3-8,10-13,16H,9,14-15,17-18H2,1-2H3,(H,26,31). The maximum atomic E-state index is 13.5. The molecule has 0 fully saturated rings. The van der Waals surface area contributed by atoms with E-state index >= 15 is 0 Å². The Morgan fingerprint density at radius 1 is 1.12 bits per heavy atom. The zero-order chi connectivity index (χ0) is 22.6. The topological polar surface area (TPSA) is 76.5 Å². The molecule has 32 heavy (non-hydrogen) atoms.